The minimum atomic E-state index is -0.311. The average Bonchev–Trinajstić information content (AvgIpc) is 2.83. The molecule has 1 aliphatic heterocycles. The van der Waals surface area contributed by atoms with Crippen LogP contribution in [0.15, 0.2) is 22.8 Å². The van der Waals surface area contributed by atoms with Gasteiger partial charge in [0.15, 0.2) is 5.76 Å². The molecule has 0 bridgehead atoms. The van der Waals surface area contributed by atoms with E-state index in [2.05, 4.69) is 13.8 Å². The monoisotopic (exact) mass is 224 g/mol. The average molecular weight is 224 g/mol. The lowest BCUT2D eigenvalue weighted by Crippen LogP contribution is -2.35. The number of ether oxygens (including phenoxy) is 2. The van der Waals surface area contributed by atoms with Gasteiger partial charge in [-0.25, -0.2) is 0 Å². The van der Waals surface area contributed by atoms with E-state index < -0.39 is 0 Å². The molecule has 0 saturated carbocycles. The lowest BCUT2D eigenvalue weighted by Gasteiger charge is -2.35. The SMILES string of the molecule is CCCC1OC(c2ccco2)OCC1CC. The molecule has 1 aromatic heterocycles. The highest BCUT2D eigenvalue weighted by Crippen LogP contribution is 2.32. The minimum absolute atomic E-state index is 0.304. The van der Waals surface area contributed by atoms with Crippen LogP contribution in [-0.4, -0.2) is 12.7 Å². The molecule has 1 aromatic rings. The van der Waals surface area contributed by atoms with Gasteiger partial charge in [-0.05, 0) is 25.0 Å². The topological polar surface area (TPSA) is 31.6 Å². The predicted molar refractivity (Wildman–Crippen MR) is 61.0 cm³/mol. The van der Waals surface area contributed by atoms with Crippen molar-refractivity contribution in [2.75, 3.05) is 6.61 Å². The second kappa shape index (κ2) is 5.51. The Bertz CT molecular complexity index is 294. The lowest BCUT2D eigenvalue weighted by molar-refractivity contribution is -0.249. The summed E-state index contributed by atoms with van der Waals surface area (Å²) in [6.07, 6.45) is 5.00. The molecule has 0 N–H and O–H groups in total. The Morgan fingerprint density at radius 1 is 1.38 bits per heavy atom. The fourth-order valence-electron chi connectivity index (χ4n) is 2.17. The number of furan rings is 1. The van der Waals surface area contributed by atoms with Gasteiger partial charge in [0, 0.05) is 5.92 Å². The summed E-state index contributed by atoms with van der Waals surface area (Å²) < 4.78 is 17.0. The molecule has 3 heteroatoms. The summed E-state index contributed by atoms with van der Waals surface area (Å²) in [6, 6.07) is 3.77. The lowest BCUT2D eigenvalue weighted by atomic mass is 9.96. The Labute approximate surface area is 96.7 Å². The molecule has 2 heterocycles. The summed E-state index contributed by atoms with van der Waals surface area (Å²) in [7, 11) is 0. The van der Waals surface area contributed by atoms with Crippen molar-refractivity contribution in [1.29, 1.82) is 0 Å². The molecule has 3 unspecified atom stereocenters. The van der Waals surface area contributed by atoms with Crippen molar-refractivity contribution in [3.8, 4) is 0 Å². The first-order valence-electron chi connectivity index (χ1n) is 6.15. The van der Waals surface area contributed by atoms with Crippen LogP contribution in [0.1, 0.15) is 45.2 Å². The van der Waals surface area contributed by atoms with Gasteiger partial charge in [0.25, 0.3) is 0 Å². The number of hydrogen-bond acceptors (Lipinski definition) is 3. The summed E-state index contributed by atoms with van der Waals surface area (Å²) in [5.74, 6) is 1.29. The van der Waals surface area contributed by atoms with Gasteiger partial charge in [-0.3, -0.25) is 0 Å². The Morgan fingerprint density at radius 3 is 2.88 bits per heavy atom. The molecular weight excluding hydrogens is 204 g/mol. The molecule has 0 spiro atoms. The molecule has 3 atom stereocenters. The zero-order valence-electron chi connectivity index (χ0n) is 10.0. The van der Waals surface area contributed by atoms with Crippen molar-refractivity contribution < 1.29 is 13.9 Å². The Kier molecular flexibility index (Phi) is 4.02. The highest BCUT2D eigenvalue weighted by Gasteiger charge is 2.32. The molecule has 2 rings (SSSR count). The van der Waals surface area contributed by atoms with E-state index in [1.54, 1.807) is 6.26 Å². The van der Waals surface area contributed by atoms with Crippen LogP contribution in [-0.2, 0) is 9.47 Å². The van der Waals surface area contributed by atoms with Gasteiger partial charge in [0.05, 0.1) is 19.0 Å². The zero-order valence-corrected chi connectivity index (χ0v) is 10.0. The van der Waals surface area contributed by atoms with E-state index in [9.17, 15) is 0 Å². The van der Waals surface area contributed by atoms with Gasteiger partial charge in [0.2, 0.25) is 6.29 Å². The molecule has 16 heavy (non-hydrogen) atoms. The Balaban J connectivity index is 2.00. The van der Waals surface area contributed by atoms with Gasteiger partial charge in [0.1, 0.15) is 0 Å². The molecule has 1 aliphatic rings. The van der Waals surface area contributed by atoms with E-state index in [1.807, 2.05) is 12.1 Å². The molecule has 1 saturated heterocycles. The highest BCUT2D eigenvalue weighted by molar-refractivity contribution is 5.00. The Morgan fingerprint density at radius 2 is 2.25 bits per heavy atom. The molecular formula is C13H20O3. The third-order valence-corrected chi connectivity index (χ3v) is 3.16. The molecule has 90 valence electrons. The van der Waals surface area contributed by atoms with Crippen LogP contribution in [0.25, 0.3) is 0 Å². The minimum Gasteiger partial charge on any atom is -0.464 e. The van der Waals surface area contributed by atoms with E-state index >= 15 is 0 Å². The van der Waals surface area contributed by atoms with Crippen LogP contribution in [0.2, 0.25) is 0 Å². The summed E-state index contributed by atoms with van der Waals surface area (Å²) in [6.45, 7) is 5.15. The number of rotatable bonds is 4. The molecule has 0 aromatic carbocycles. The predicted octanol–water partition coefficient (Wildman–Crippen LogP) is 3.52. The molecule has 0 radical (unpaired) electrons. The first-order valence-corrected chi connectivity index (χ1v) is 6.15. The summed E-state index contributed by atoms with van der Waals surface area (Å²) in [4.78, 5) is 0. The maximum absolute atomic E-state index is 5.96. The molecule has 0 aliphatic carbocycles. The number of hydrogen-bond donors (Lipinski definition) is 0. The molecule has 0 amide bonds. The normalized spacial score (nSPS) is 30.5. The largest absolute Gasteiger partial charge is 0.464 e. The second-order valence-electron chi connectivity index (χ2n) is 4.31. The van der Waals surface area contributed by atoms with Gasteiger partial charge in [-0.15, -0.1) is 0 Å². The molecule has 1 fully saturated rings. The fraction of sp³-hybridized carbons (Fsp3) is 0.692. The van der Waals surface area contributed by atoms with Crippen LogP contribution in [0.4, 0.5) is 0 Å². The van der Waals surface area contributed by atoms with Gasteiger partial charge in [-0.2, -0.15) is 0 Å². The first-order chi connectivity index (χ1) is 7.85. The fourth-order valence-corrected chi connectivity index (χ4v) is 2.17. The first kappa shape index (κ1) is 11.7. The maximum atomic E-state index is 5.96. The standard InChI is InChI=1S/C13H20O3/c1-3-6-11-10(4-2)9-15-13(16-11)12-7-5-8-14-12/h5,7-8,10-11,13H,3-4,6,9H2,1-2H3. The van der Waals surface area contributed by atoms with Crippen LogP contribution in [0.5, 0.6) is 0 Å². The van der Waals surface area contributed by atoms with Crippen molar-refractivity contribution in [3.63, 3.8) is 0 Å². The van der Waals surface area contributed by atoms with Crippen molar-refractivity contribution >= 4 is 0 Å². The third kappa shape index (κ3) is 2.47. The maximum Gasteiger partial charge on any atom is 0.217 e. The van der Waals surface area contributed by atoms with E-state index in [0.717, 1.165) is 31.6 Å². The van der Waals surface area contributed by atoms with Crippen molar-refractivity contribution in [3.05, 3.63) is 24.2 Å². The van der Waals surface area contributed by atoms with E-state index in [-0.39, 0.29) is 6.29 Å². The van der Waals surface area contributed by atoms with Gasteiger partial charge >= 0.3 is 0 Å². The van der Waals surface area contributed by atoms with E-state index in [4.69, 9.17) is 13.9 Å². The quantitative estimate of drug-likeness (QED) is 0.784. The van der Waals surface area contributed by atoms with Crippen LogP contribution in [0, 0.1) is 5.92 Å². The second-order valence-corrected chi connectivity index (χ2v) is 4.31. The van der Waals surface area contributed by atoms with Crippen LogP contribution < -0.4 is 0 Å². The van der Waals surface area contributed by atoms with Gasteiger partial charge in [-0.1, -0.05) is 20.3 Å². The van der Waals surface area contributed by atoms with Crippen LogP contribution >= 0.6 is 0 Å². The van der Waals surface area contributed by atoms with Crippen LogP contribution in [0.3, 0.4) is 0 Å². The van der Waals surface area contributed by atoms with Crippen molar-refractivity contribution in [2.24, 2.45) is 5.92 Å². The molecule has 3 nitrogen and oxygen atoms in total. The van der Waals surface area contributed by atoms with Crippen molar-refractivity contribution in [2.45, 2.75) is 45.5 Å². The summed E-state index contributed by atoms with van der Waals surface area (Å²) >= 11 is 0. The third-order valence-electron chi connectivity index (χ3n) is 3.16. The van der Waals surface area contributed by atoms with Gasteiger partial charge < -0.3 is 13.9 Å². The van der Waals surface area contributed by atoms with E-state index in [1.165, 1.54) is 0 Å². The summed E-state index contributed by atoms with van der Waals surface area (Å²) in [5.41, 5.74) is 0. The van der Waals surface area contributed by atoms with E-state index in [0.29, 0.717) is 12.0 Å². The smallest absolute Gasteiger partial charge is 0.217 e. The zero-order chi connectivity index (χ0) is 11.4. The Hall–Kier alpha value is -0.800. The highest BCUT2D eigenvalue weighted by atomic mass is 16.7. The van der Waals surface area contributed by atoms with Crippen molar-refractivity contribution in [1.82, 2.24) is 0 Å². The summed E-state index contributed by atoms with van der Waals surface area (Å²) in [5, 5.41) is 0.